The summed E-state index contributed by atoms with van der Waals surface area (Å²) < 4.78 is 25.9. The van der Waals surface area contributed by atoms with Crippen molar-refractivity contribution in [2.75, 3.05) is 4.83 Å². The topological polar surface area (TPSA) is 102 Å². The quantitative estimate of drug-likeness (QED) is 0.611. The lowest BCUT2D eigenvalue weighted by molar-refractivity contribution is 0.439. The van der Waals surface area contributed by atoms with Gasteiger partial charge in [-0.25, -0.2) is 4.83 Å². The summed E-state index contributed by atoms with van der Waals surface area (Å²) in [6.07, 6.45) is 4.57. The molecule has 1 unspecified atom stereocenters. The van der Waals surface area contributed by atoms with Crippen LogP contribution in [-0.4, -0.2) is 23.6 Å². The van der Waals surface area contributed by atoms with E-state index in [0.717, 1.165) is 4.79 Å². The van der Waals surface area contributed by atoms with Gasteiger partial charge in [0.05, 0.1) is 11.3 Å². The molecule has 2 heterocycles. The zero-order valence-corrected chi connectivity index (χ0v) is 7.71. The summed E-state index contributed by atoms with van der Waals surface area (Å²) in [5, 5.41) is 3.30. The molecule has 3 N–H and O–H groups in total. The third kappa shape index (κ3) is 1.65. The molecule has 0 bridgehead atoms. The number of aromatic nitrogens is 3. The highest BCUT2D eigenvalue weighted by molar-refractivity contribution is 7.80. The molecule has 2 aliphatic heterocycles. The van der Waals surface area contributed by atoms with Gasteiger partial charge in [0.2, 0.25) is 0 Å². The van der Waals surface area contributed by atoms with Gasteiger partial charge in [-0.2, -0.15) is 4.79 Å². The first-order chi connectivity index (χ1) is 6.77. The molecular formula is C6H7N4O3S-. The number of aromatic amines is 2. The van der Waals surface area contributed by atoms with Crippen LogP contribution in [0.15, 0.2) is 29.1 Å². The van der Waals surface area contributed by atoms with Gasteiger partial charge in [-0.3, -0.25) is 9.31 Å². The lowest BCUT2D eigenvalue weighted by atomic mass is 10.5. The second-order valence-electron chi connectivity index (χ2n) is 2.41. The van der Waals surface area contributed by atoms with Crippen LogP contribution < -0.4 is 4.83 Å². The van der Waals surface area contributed by atoms with Crippen molar-refractivity contribution < 1.29 is 13.2 Å². The lowest BCUT2D eigenvalue weighted by Crippen LogP contribution is -2.21. The van der Waals surface area contributed by atoms with Crippen LogP contribution in [0.25, 0.3) is 0 Å². The van der Waals surface area contributed by atoms with Crippen LogP contribution >= 0.6 is 0 Å². The van der Waals surface area contributed by atoms with Crippen LogP contribution in [-0.2, 0) is 11.3 Å². The molecule has 0 amide bonds. The predicted molar refractivity (Wildman–Crippen MR) is 46.6 cm³/mol. The maximum atomic E-state index is 10.4. The molecule has 76 valence electrons. The first kappa shape index (κ1) is 8.91. The van der Waals surface area contributed by atoms with E-state index in [1.165, 1.54) is 6.26 Å². The second kappa shape index (κ2) is 3.60. The fourth-order valence-corrected chi connectivity index (χ4v) is 1.32. The van der Waals surface area contributed by atoms with Gasteiger partial charge in [-0.1, -0.05) is 0 Å². The molecule has 1 atom stereocenters. The van der Waals surface area contributed by atoms with Crippen LogP contribution in [0.2, 0.25) is 0 Å². The van der Waals surface area contributed by atoms with Gasteiger partial charge in [0.1, 0.15) is 11.6 Å². The van der Waals surface area contributed by atoms with E-state index in [9.17, 15) is 8.76 Å². The fourth-order valence-electron chi connectivity index (χ4n) is 1.04. The van der Waals surface area contributed by atoms with E-state index in [1.807, 2.05) is 0 Å². The van der Waals surface area contributed by atoms with Crippen LogP contribution in [0.4, 0.5) is 0 Å². The Balaban J connectivity index is 2.67. The third-order valence-corrected chi connectivity index (χ3v) is 1.87. The molecule has 0 aromatic rings. The average molecular weight is 215 g/mol. The minimum Gasteiger partial charge on any atom is -0.754 e. The van der Waals surface area contributed by atoms with E-state index in [-0.39, 0.29) is 0 Å². The molecule has 0 saturated heterocycles. The summed E-state index contributed by atoms with van der Waals surface area (Å²) in [5.41, 5.74) is 0.333. The summed E-state index contributed by atoms with van der Waals surface area (Å²) in [7, 11) is 0. The molecule has 8 heteroatoms. The van der Waals surface area contributed by atoms with Crippen molar-refractivity contribution in [2.45, 2.75) is 0 Å². The van der Waals surface area contributed by atoms with Crippen molar-refractivity contribution in [3.05, 3.63) is 35.6 Å². The Kier molecular flexibility index (Phi) is 2.29. The van der Waals surface area contributed by atoms with Crippen molar-refractivity contribution in [2.24, 2.45) is 0 Å². The van der Waals surface area contributed by atoms with Crippen LogP contribution in [0.5, 0.6) is 0 Å². The number of nitrogens with one attached hydrogen (secondary N) is 3. The van der Waals surface area contributed by atoms with Crippen molar-refractivity contribution in [3.8, 4) is 0 Å². The first-order valence-electron chi connectivity index (χ1n) is 3.68. The van der Waals surface area contributed by atoms with Gasteiger partial charge in [0.25, 0.3) is 5.55 Å². The van der Waals surface area contributed by atoms with Gasteiger partial charge >= 0.3 is 0 Å². The Labute approximate surface area is 80.5 Å². The minimum absolute atomic E-state index is 0.333. The zero-order valence-electron chi connectivity index (χ0n) is 6.89. The van der Waals surface area contributed by atoms with Gasteiger partial charge in [-0.15, -0.1) is 0 Å². The van der Waals surface area contributed by atoms with E-state index < -0.39 is 11.3 Å². The number of rotatable bonds is 2. The largest absolute Gasteiger partial charge is 0.754 e. The Hall–Kier alpha value is -1.67. The smallest absolute Gasteiger partial charge is 0.258 e. The summed E-state index contributed by atoms with van der Waals surface area (Å²) in [6.45, 7) is 0. The molecule has 0 fully saturated rings. The Morgan fingerprint density at radius 2 is 2.43 bits per heavy atom. The number of hydrogen-bond acceptors (Lipinski definition) is 3. The summed E-state index contributed by atoms with van der Waals surface area (Å²) in [5.74, 6) is 0. The highest BCUT2D eigenvalue weighted by Gasteiger charge is 1.94. The molecule has 0 spiro atoms. The van der Waals surface area contributed by atoms with Gasteiger partial charge < -0.3 is 14.0 Å². The highest BCUT2D eigenvalue weighted by Crippen LogP contribution is 1.92. The molecule has 2 rings (SSSR count). The molecular weight excluding hydrogens is 208 g/mol. The molecule has 0 saturated carbocycles. The predicted octanol–water partition coefficient (Wildman–Crippen LogP) is -0.0759. The Morgan fingerprint density at radius 1 is 1.57 bits per heavy atom. The van der Waals surface area contributed by atoms with Gasteiger partial charge in [0.15, 0.2) is 0 Å². The monoisotopic (exact) mass is 215 g/mol. The van der Waals surface area contributed by atoms with E-state index in [1.54, 1.807) is 18.5 Å². The van der Waals surface area contributed by atoms with Crippen molar-refractivity contribution in [3.63, 3.8) is 0 Å². The number of nitrogens with zero attached hydrogens (tertiary/aromatic N) is 1. The van der Waals surface area contributed by atoms with E-state index in [0.29, 0.717) is 10.9 Å². The zero-order chi connectivity index (χ0) is 9.97. The summed E-state index contributed by atoms with van der Waals surface area (Å²) in [6, 6.07) is 1.71. The van der Waals surface area contributed by atoms with Gasteiger partial charge in [0, 0.05) is 12.4 Å². The highest BCUT2D eigenvalue weighted by atomic mass is 32.2. The maximum absolute atomic E-state index is 10.4. The standard InChI is InChI=1S/C6H8N4O3S/c11-14(12)9-10-6-5(1-2-8-10)7-3-4-13-6/h1-4,7-9H,(H,11,12)/p-1. The van der Waals surface area contributed by atoms with Crippen LogP contribution in [0.3, 0.4) is 0 Å². The van der Waals surface area contributed by atoms with Crippen molar-refractivity contribution in [1.82, 2.24) is 14.9 Å². The van der Waals surface area contributed by atoms with Crippen LogP contribution in [0, 0.1) is 10.9 Å². The molecule has 0 aromatic carbocycles. The fraction of sp³-hybridized carbons (Fsp3) is 0. The van der Waals surface area contributed by atoms with Gasteiger partial charge in [-0.05, 0) is 6.07 Å². The maximum Gasteiger partial charge on any atom is 0.258 e. The Morgan fingerprint density at radius 3 is 3.21 bits per heavy atom. The Bertz CT molecular complexity index is 526. The molecule has 0 aromatic heterocycles. The summed E-state index contributed by atoms with van der Waals surface area (Å²) >= 11 is -2.41. The van der Waals surface area contributed by atoms with E-state index in [2.05, 4.69) is 14.9 Å². The van der Waals surface area contributed by atoms with Crippen molar-refractivity contribution in [1.29, 1.82) is 0 Å². The summed E-state index contributed by atoms with van der Waals surface area (Å²) in [4.78, 5) is 6.13. The SMILES string of the molecule is O=S([O-])Nn1[nH]ccc2[nH]ccoc1=2. The minimum atomic E-state index is -2.41. The molecule has 2 aliphatic rings. The number of hydrogen-bond donors (Lipinski definition) is 3. The van der Waals surface area contributed by atoms with E-state index >= 15 is 0 Å². The van der Waals surface area contributed by atoms with Crippen LogP contribution in [0.1, 0.15) is 0 Å². The third-order valence-electron chi connectivity index (χ3n) is 1.54. The first-order valence-corrected chi connectivity index (χ1v) is 4.76. The van der Waals surface area contributed by atoms with E-state index in [4.69, 9.17) is 4.42 Å². The second-order valence-corrected chi connectivity index (χ2v) is 3.06. The molecule has 0 aliphatic carbocycles. The molecule has 0 radical (unpaired) electrons. The molecule has 14 heavy (non-hydrogen) atoms. The average Bonchev–Trinajstić information content (AvgIpc) is 2.18. The molecule has 7 nitrogen and oxygen atoms in total. The lowest BCUT2D eigenvalue weighted by Gasteiger charge is -2.11. The number of H-pyrrole nitrogens is 2. The normalized spacial score (nSPS) is 12.6. The van der Waals surface area contributed by atoms with Crippen molar-refractivity contribution >= 4 is 11.3 Å².